The Morgan fingerprint density at radius 3 is 2.39 bits per heavy atom. The summed E-state index contributed by atoms with van der Waals surface area (Å²) in [5.74, 6) is -0.928. The van der Waals surface area contributed by atoms with Crippen molar-refractivity contribution >= 4 is 23.9 Å². The van der Waals surface area contributed by atoms with Crippen molar-refractivity contribution in [1.82, 2.24) is 15.6 Å². The zero-order valence-corrected chi connectivity index (χ0v) is 17.1. The maximum atomic E-state index is 12.0. The monoisotopic (exact) mass is 392 g/mol. The van der Waals surface area contributed by atoms with Crippen LogP contribution in [0.5, 0.6) is 11.5 Å². The van der Waals surface area contributed by atoms with E-state index in [1.165, 1.54) is 11.1 Å². The fourth-order valence-corrected chi connectivity index (χ4v) is 2.12. The van der Waals surface area contributed by atoms with Crippen molar-refractivity contribution in [3.63, 3.8) is 0 Å². The van der Waals surface area contributed by atoms with E-state index in [2.05, 4.69) is 15.8 Å². The summed E-state index contributed by atoms with van der Waals surface area (Å²) in [4.78, 5) is 36.6. The minimum Gasteiger partial charge on any atom is -0.490 e. The molecule has 1 aromatic rings. The van der Waals surface area contributed by atoms with Crippen molar-refractivity contribution in [1.29, 1.82) is 0 Å². The van der Waals surface area contributed by atoms with Gasteiger partial charge in [0, 0.05) is 20.1 Å². The Kier molecular flexibility index (Phi) is 8.94. The molecule has 1 atom stereocenters. The van der Waals surface area contributed by atoms with Gasteiger partial charge in [0.2, 0.25) is 0 Å². The number of likely N-dealkylation sites (N-methyl/N-ethyl adjacent to an activating group) is 1. The van der Waals surface area contributed by atoms with Crippen LogP contribution >= 0.6 is 0 Å². The Balaban J connectivity index is 2.84. The van der Waals surface area contributed by atoms with Crippen LogP contribution in [0.1, 0.15) is 33.3 Å². The van der Waals surface area contributed by atoms with Gasteiger partial charge in [-0.15, -0.1) is 0 Å². The summed E-state index contributed by atoms with van der Waals surface area (Å²) in [6.07, 6.45) is 0.703. The molecule has 2 N–H and O–H groups in total. The highest BCUT2D eigenvalue weighted by Crippen LogP contribution is 2.29. The van der Waals surface area contributed by atoms with E-state index in [0.29, 0.717) is 23.7 Å². The predicted molar refractivity (Wildman–Crippen MR) is 105 cm³/mol. The maximum Gasteiger partial charge on any atom is 0.329 e. The molecule has 0 spiro atoms. The number of benzene rings is 1. The predicted octanol–water partition coefficient (Wildman–Crippen LogP) is 0.916. The van der Waals surface area contributed by atoms with Crippen molar-refractivity contribution < 1.29 is 23.9 Å². The van der Waals surface area contributed by atoms with E-state index in [1.807, 2.05) is 6.92 Å². The van der Waals surface area contributed by atoms with Crippen LogP contribution in [0.2, 0.25) is 0 Å². The van der Waals surface area contributed by atoms with Crippen molar-refractivity contribution in [3.8, 4) is 11.5 Å². The first kappa shape index (κ1) is 22.9. The summed E-state index contributed by atoms with van der Waals surface area (Å²) in [7, 11) is 3.31. The van der Waals surface area contributed by atoms with Gasteiger partial charge in [-0.1, -0.05) is 0 Å². The number of carbonyl (C=O) groups is 3. The van der Waals surface area contributed by atoms with Gasteiger partial charge >= 0.3 is 11.8 Å². The van der Waals surface area contributed by atoms with Crippen LogP contribution in [0.15, 0.2) is 23.3 Å². The first-order valence-corrected chi connectivity index (χ1v) is 8.94. The molecule has 1 rings (SSSR count). The molecule has 0 fully saturated rings. The van der Waals surface area contributed by atoms with Crippen LogP contribution in [-0.2, 0) is 14.4 Å². The summed E-state index contributed by atoms with van der Waals surface area (Å²) in [6, 6.07) is 4.86. The summed E-state index contributed by atoms with van der Waals surface area (Å²) in [5.41, 5.74) is 2.78. The Labute approximate surface area is 165 Å². The third-order valence-electron chi connectivity index (χ3n) is 3.37. The number of ether oxygens (including phenoxy) is 2. The second-order valence-electron chi connectivity index (χ2n) is 6.46. The van der Waals surface area contributed by atoms with Gasteiger partial charge in [-0.2, -0.15) is 5.10 Å². The average molecular weight is 392 g/mol. The zero-order valence-electron chi connectivity index (χ0n) is 17.1. The Bertz CT molecular complexity index is 731. The van der Waals surface area contributed by atoms with Gasteiger partial charge in [-0.25, -0.2) is 5.43 Å². The lowest BCUT2D eigenvalue weighted by Crippen LogP contribution is -2.41. The van der Waals surface area contributed by atoms with E-state index >= 15 is 0 Å². The van der Waals surface area contributed by atoms with Crippen LogP contribution < -0.4 is 20.2 Å². The van der Waals surface area contributed by atoms with Crippen molar-refractivity contribution in [2.24, 2.45) is 5.10 Å². The number of nitrogens with one attached hydrogen (secondary N) is 2. The SMILES string of the molecule is CCOc1cc(/C=N\NC(=O)C(=O)NC(C)C)ccc1O[C@H](C)C(=O)N(C)C. The number of amides is 3. The number of rotatable bonds is 8. The summed E-state index contributed by atoms with van der Waals surface area (Å²) in [5, 5.41) is 6.24. The van der Waals surface area contributed by atoms with Crippen LogP contribution in [-0.4, -0.2) is 61.7 Å². The molecule has 9 heteroatoms. The van der Waals surface area contributed by atoms with Crippen molar-refractivity contribution in [2.75, 3.05) is 20.7 Å². The molecule has 0 aliphatic rings. The molecule has 0 radical (unpaired) electrons. The number of hydrogen-bond donors (Lipinski definition) is 2. The van der Waals surface area contributed by atoms with Crippen LogP contribution in [0.3, 0.4) is 0 Å². The molecule has 0 saturated carbocycles. The van der Waals surface area contributed by atoms with E-state index in [0.717, 1.165) is 0 Å². The molecule has 0 heterocycles. The highest BCUT2D eigenvalue weighted by Gasteiger charge is 2.19. The normalized spacial score (nSPS) is 11.8. The third kappa shape index (κ3) is 7.26. The van der Waals surface area contributed by atoms with Gasteiger partial charge in [-0.3, -0.25) is 14.4 Å². The second kappa shape index (κ2) is 10.9. The van der Waals surface area contributed by atoms with Gasteiger partial charge in [0.15, 0.2) is 17.6 Å². The average Bonchev–Trinajstić information content (AvgIpc) is 2.62. The lowest BCUT2D eigenvalue weighted by Gasteiger charge is -2.20. The minimum absolute atomic E-state index is 0.148. The van der Waals surface area contributed by atoms with Gasteiger partial charge < -0.3 is 19.7 Å². The molecule has 1 aromatic carbocycles. The van der Waals surface area contributed by atoms with E-state index in [4.69, 9.17) is 9.47 Å². The van der Waals surface area contributed by atoms with Crippen LogP contribution in [0.4, 0.5) is 0 Å². The topological polar surface area (TPSA) is 109 Å². The third-order valence-corrected chi connectivity index (χ3v) is 3.37. The number of nitrogens with zero attached hydrogens (tertiary/aromatic N) is 2. The molecule has 28 heavy (non-hydrogen) atoms. The quantitative estimate of drug-likeness (QED) is 0.388. The summed E-state index contributed by atoms with van der Waals surface area (Å²) < 4.78 is 11.3. The Morgan fingerprint density at radius 1 is 1.14 bits per heavy atom. The van der Waals surface area contributed by atoms with Gasteiger partial charge in [0.25, 0.3) is 5.91 Å². The molecule has 0 aliphatic carbocycles. The smallest absolute Gasteiger partial charge is 0.329 e. The first-order chi connectivity index (χ1) is 13.1. The van der Waals surface area contributed by atoms with Crippen molar-refractivity contribution in [3.05, 3.63) is 23.8 Å². The largest absolute Gasteiger partial charge is 0.490 e. The van der Waals surface area contributed by atoms with Crippen LogP contribution in [0.25, 0.3) is 0 Å². The minimum atomic E-state index is -0.856. The van der Waals surface area contributed by atoms with E-state index in [1.54, 1.807) is 53.1 Å². The molecule has 0 saturated heterocycles. The first-order valence-electron chi connectivity index (χ1n) is 8.94. The van der Waals surface area contributed by atoms with Gasteiger partial charge in [0.1, 0.15) is 0 Å². The maximum absolute atomic E-state index is 12.0. The lowest BCUT2D eigenvalue weighted by molar-refractivity contribution is -0.139. The molecule has 0 unspecified atom stereocenters. The van der Waals surface area contributed by atoms with Crippen molar-refractivity contribution in [2.45, 2.75) is 39.8 Å². The molecule has 3 amide bonds. The van der Waals surface area contributed by atoms with E-state index < -0.39 is 17.9 Å². The molecule has 0 bridgehead atoms. The highest BCUT2D eigenvalue weighted by atomic mass is 16.5. The number of carbonyl (C=O) groups excluding carboxylic acids is 3. The molecule has 0 aliphatic heterocycles. The van der Waals surface area contributed by atoms with E-state index in [9.17, 15) is 14.4 Å². The summed E-state index contributed by atoms with van der Waals surface area (Å²) >= 11 is 0. The van der Waals surface area contributed by atoms with Gasteiger partial charge in [0.05, 0.1) is 12.8 Å². The standard InChI is InChI=1S/C19H28N4O5/c1-7-27-16-10-14(11-20-22-18(25)17(24)21-12(2)3)8-9-15(16)28-13(4)19(26)23(5)6/h8-13H,7H2,1-6H3,(H,21,24)(H,22,25)/b20-11-/t13-/m1/s1. The van der Waals surface area contributed by atoms with Crippen LogP contribution in [0, 0.1) is 0 Å². The molecular weight excluding hydrogens is 364 g/mol. The number of hydrazone groups is 1. The Hall–Kier alpha value is -3.10. The zero-order chi connectivity index (χ0) is 21.3. The Morgan fingerprint density at radius 2 is 1.82 bits per heavy atom. The molecule has 9 nitrogen and oxygen atoms in total. The van der Waals surface area contributed by atoms with E-state index in [-0.39, 0.29) is 11.9 Å². The molecule has 154 valence electrons. The lowest BCUT2D eigenvalue weighted by atomic mass is 10.2. The van der Waals surface area contributed by atoms with Gasteiger partial charge in [-0.05, 0) is 51.5 Å². The fourth-order valence-electron chi connectivity index (χ4n) is 2.12. The molecular formula is C19H28N4O5. The fraction of sp³-hybridized carbons (Fsp3) is 0.474. The molecule has 0 aromatic heterocycles. The summed E-state index contributed by atoms with van der Waals surface area (Å²) in [6.45, 7) is 7.39. The number of hydrogen-bond acceptors (Lipinski definition) is 6. The highest BCUT2D eigenvalue weighted by molar-refractivity contribution is 6.35. The second-order valence-corrected chi connectivity index (χ2v) is 6.46.